The third-order valence-electron chi connectivity index (χ3n) is 6.57. The van der Waals surface area contributed by atoms with Crippen molar-refractivity contribution in [1.82, 2.24) is 9.29 Å². The second-order valence-electron chi connectivity index (χ2n) is 8.57. The van der Waals surface area contributed by atoms with E-state index in [9.17, 15) is 13.5 Å². The number of hydrogen-bond donors (Lipinski definition) is 1. The fourth-order valence-corrected chi connectivity index (χ4v) is 6.61. The molecule has 4 heterocycles. The van der Waals surface area contributed by atoms with E-state index in [-0.39, 0.29) is 29.8 Å². The van der Waals surface area contributed by atoms with Gasteiger partial charge in [0.15, 0.2) is 0 Å². The largest absolute Gasteiger partial charge is 0.394 e. The van der Waals surface area contributed by atoms with Gasteiger partial charge in [0.2, 0.25) is 0 Å². The fraction of sp³-hybridized carbons (Fsp3) is 0.375. The quantitative estimate of drug-likeness (QED) is 0.685. The van der Waals surface area contributed by atoms with Gasteiger partial charge in [-0.1, -0.05) is 11.8 Å². The topological polar surface area (TPSA) is 98.5 Å². The number of nitrogens with zero attached hydrogens (tertiary/aromatic N) is 5. The Morgan fingerprint density at radius 2 is 2.03 bits per heavy atom. The lowest BCUT2D eigenvalue weighted by atomic mass is 9.82. The first kappa shape index (κ1) is 21.8. The van der Waals surface area contributed by atoms with Crippen LogP contribution in [0.15, 0.2) is 52.7 Å². The Morgan fingerprint density at radius 3 is 2.73 bits per heavy atom. The Hall–Kier alpha value is -3.06. The number of aliphatic hydroxyl groups is 1. The number of pyridine rings is 1. The molecule has 33 heavy (non-hydrogen) atoms. The van der Waals surface area contributed by atoms with E-state index in [1.165, 1.54) is 4.31 Å². The van der Waals surface area contributed by atoms with Gasteiger partial charge in [0.25, 0.3) is 15.2 Å². The van der Waals surface area contributed by atoms with E-state index in [1.54, 1.807) is 25.5 Å². The van der Waals surface area contributed by atoms with Gasteiger partial charge in [-0.3, -0.25) is 4.98 Å². The molecular weight excluding hydrogens is 438 g/mol. The summed E-state index contributed by atoms with van der Waals surface area (Å²) in [6.45, 7) is 2.11. The van der Waals surface area contributed by atoms with Gasteiger partial charge >= 0.3 is 0 Å². The van der Waals surface area contributed by atoms with Crippen molar-refractivity contribution < 1.29 is 13.5 Å². The van der Waals surface area contributed by atoms with Crippen molar-refractivity contribution >= 4 is 27.1 Å². The zero-order valence-corrected chi connectivity index (χ0v) is 19.3. The standard InChI is InChI=1S/C24H25N5O3S/c1-16-13-26-24(27-16)33(31,32)29-11-9-19-22(15-30)28(2)21-8-7-17(12-20(21)23(19)29)5-6-18-4-3-10-25-14-18/h3-4,7-8,10,12-14,16,19,22-23,30H,9,11,15H2,1-2H3/t16?,19-,22+,23-/m0/s1. The van der Waals surface area contributed by atoms with Crippen molar-refractivity contribution in [1.29, 1.82) is 0 Å². The van der Waals surface area contributed by atoms with Crippen molar-refractivity contribution in [2.45, 2.75) is 31.5 Å². The first-order valence-corrected chi connectivity index (χ1v) is 12.4. The lowest BCUT2D eigenvalue weighted by molar-refractivity contribution is 0.193. The molecule has 0 amide bonds. The van der Waals surface area contributed by atoms with Crippen LogP contribution in [0.4, 0.5) is 5.69 Å². The average Bonchev–Trinajstić information content (AvgIpc) is 3.46. The van der Waals surface area contributed by atoms with E-state index < -0.39 is 16.1 Å². The van der Waals surface area contributed by atoms with Crippen LogP contribution in [0.2, 0.25) is 0 Å². The number of likely N-dealkylation sites (N-methyl/N-ethyl adjacent to an activating group) is 1. The van der Waals surface area contributed by atoms with E-state index >= 15 is 0 Å². The molecule has 1 N–H and O–H groups in total. The molecule has 2 aromatic rings. The molecule has 3 aliphatic rings. The molecule has 1 unspecified atom stereocenters. The molecule has 0 spiro atoms. The second-order valence-corrected chi connectivity index (χ2v) is 10.4. The van der Waals surface area contributed by atoms with Gasteiger partial charge < -0.3 is 10.0 Å². The molecule has 5 rings (SSSR count). The highest BCUT2D eigenvalue weighted by Gasteiger charge is 2.51. The van der Waals surface area contributed by atoms with Crippen molar-refractivity contribution in [2.24, 2.45) is 15.9 Å². The highest BCUT2D eigenvalue weighted by Crippen LogP contribution is 2.49. The van der Waals surface area contributed by atoms with Gasteiger partial charge in [-0.2, -0.15) is 4.31 Å². The molecule has 9 heteroatoms. The molecule has 0 bridgehead atoms. The lowest BCUT2D eigenvalue weighted by Gasteiger charge is -2.44. The van der Waals surface area contributed by atoms with E-state index in [0.29, 0.717) is 13.0 Å². The summed E-state index contributed by atoms with van der Waals surface area (Å²) in [6, 6.07) is 8.74. The smallest absolute Gasteiger partial charge is 0.278 e. The molecular formula is C24H25N5O3S. The highest BCUT2D eigenvalue weighted by molar-refractivity contribution is 8.04. The van der Waals surface area contributed by atoms with E-state index in [4.69, 9.17) is 0 Å². The molecule has 1 aromatic heterocycles. The summed E-state index contributed by atoms with van der Waals surface area (Å²) in [4.78, 5) is 14.4. The van der Waals surface area contributed by atoms with Gasteiger partial charge in [-0.15, -0.1) is 0 Å². The Balaban J connectivity index is 1.58. The molecule has 1 fully saturated rings. The summed E-state index contributed by atoms with van der Waals surface area (Å²) in [6.07, 6.45) is 5.60. The molecule has 8 nitrogen and oxygen atoms in total. The predicted octanol–water partition coefficient (Wildman–Crippen LogP) is 1.81. The molecule has 3 aliphatic heterocycles. The van der Waals surface area contributed by atoms with E-state index in [2.05, 4.69) is 31.7 Å². The SMILES string of the molecule is CC1C=NC(S(=O)(=O)N2CC[C@H]3[C@@H](CO)N(C)c4ccc(C#Cc5cccnc5)cc4[C@H]32)=N1. The number of rotatable bonds is 2. The molecule has 0 saturated carbocycles. The minimum absolute atomic E-state index is 0.0489. The predicted molar refractivity (Wildman–Crippen MR) is 128 cm³/mol. The number of anilines is 1. The first-order chi connectivity index (χ1) is 15.9. The number of aliphatic imine (C=N–C) groups is 2. The number of fused-ring (bicyclic) bond motifs is 3. The van der Waals surface area contributed by atoms with Gasteiger partial charge in [0, 0.05) is 54.9 Å². The first-order valence-electron chi connectivity index (χ1n) is 10.9. The number of sulfonamides is 1. The number of benzene rings is 1. The Labute approximate surface area is 193 Å². The third kappa shape index (κ3) is 3.74. The maximum absolute atomic E-state index is 13.5. The summed E-state index contributed by atoms with van der Waals surface area (Å²) < 4.78 is 28.5. The van der Waals surface area contributed by atoms with E-state index in [1.807, 2.05) is 37.4 Å². The minimum Gasteiger partial charge on any atom is -0.394 e. The van der Waals surface area contributed by atoms with Crippen LogP contribution in [0.1, 0.15) is 36.1 Å². The maximum Gasteiger partial charge on any atom is 0.278 e. The molecule has 0 aliphatic carbocycles. The molecule has 170 valence electrons. The number of aliphatic hydroxyl groups excluding tert-OH is 1. The minimum atomic E-state index is -3.86. The number of aromatic nitrogens is 1. The van der Waals surface area contributed by atoms with Crippen molar-refractivity contribution in [3.63, 3.8) is 0 Å². The van der Waals surface area contributed by atoms with Crippen molar-refractivity contribution in [2.75, 3.05) is 25.1 Å². The summed E-state index contributed by atoms with van der Waals surface area (Å²) in [5.41, 5.74) is 3.39. The maximum atomic E-state index is 13.5. The molecule has 1 aromatic carbocycles. The van der Waals surface area contributed by atoms with Crippen LogP contribution in [0, 0.1) is 17.8 Å². The molecule has 4 atom stereocenters. The van der Waals surface area contributed by atoms with Crippen LogP contribution in [0.25, 0.3) is 0 Å². The summed E-state index contributed by atoms with van der Waals surface area (Å²) in [5.74, 6) is 6.24. The van der Waals surface area contributed by atoms with Crippen LogP contribution in [-0.4, -0.2) is 66.5 Å². The number of hydrogen-bond acceptors (Lipinski definition) is 7. The summed E-state index contributed by atoms with van der Waals surface area (Å²) in [7, 11) is -1.92. The number of amidine groups is 1. The zero-order chi connectivity index (χ0) is 23.2. The second kappa shape index (κ2) is 8.37. The van der Waals surface area contributed by atoms with Gasteiger partial charge in [-0.25, -0.2) is 18.4 Å². The van der Waals surface area contributed by atoms with Crippen LogP contribution in [0.3, 0.4) is 0 Å². The van der Waals surface area contributed by atoms with Crippen LogP contribution in [0.5, 0.6) is 0 Å². The van der Waals surface area contributed by atoms with Crippen LogP contribution in [-0.2, 0) is 10.0 Å². The van der Waals surface area contributed by atoms with Crippen LogP contribution >= 0.6 is 0 Å². The van der Waals surface area contributed by atoms with Gasteiger partial charge in [0.1, 0.15) is 0 Å². The Kier molecular flexibility index (Phi) is 5.52. The lowest BCUT2D eigenvalue weighted by Crippen LogP contribution is -2.48. The Bertz CT molecular complexity index is 1300. The fourth-order valence-electron chi connectivity index (χ4n) is 4.99. The van der Waals surface area contributed by atoms with E-state index in [0.717, 1.165) is 22.4 Å². The molecule has 0 radical (unpaired) electrons. The van der Waals surface area contributed by atoms with Gasteiger partial charge in [-0.05, 0) is 49.2 Å². The monoisotopic (exact) mass is 463 g/mol. The normalized spacial score (nSPS) is 26.4. The van der Waals surface area contributed by atoms with Crippen molar-refractivity contribution in [3.05, 3.63) is 59.4 Å². The van der Waals surface area contributed by atoms with Crippen molar-refractivity contribution in [3.8, 4) is 11.8 Å². The highest BCUT2D eigenvalue weighted by atomic mass is 32.2. The zero-order valence-electron chi connectivity index (χ0n) is 18.5. The molecule has 1 saturated heterocycles. The third-order valence-corrected chi connectivity index (χ3v) is 8.27. The average molecular weight is 464 g/mol. The Morgan fingerprint density at radius 1 is 1.21 bits per heavy atom. The summed E-state index contributed by atoms with van der Waals surface area (Å²) in [5, 5.41) is 10.0. The van der Waals surface area contributed by atoms with Crippen LogP contribution < -0.4 is 4.90 Å². The van der Waals surface area contributed by atoms with Gasteiger partial charge in [0.05, 0.1) is 24.7 Å². The summed E-state index contributed by atoms with van der Waals surface area (Å²) >= 11 is 0.